The molecule has 0 unspecified atom stereocenters. The zero-order valence-electron chi connectivity index (χ0n) is 15.0. The highest BCUT2D eigenvalue weighted by Crippen LogP contribution is 2.31. The van der Waals surface area contributed by atoms with Gasteiger partial charge in [-0.2, -0.15) is 0 Å². The van der Waals surface area contributed by atoms with Crippen molar-refractivity contribution in [1.29, 1.82) is 0 Å². The molecule has 0 saturated carbocycles. The number of thiazole rings is 1. The molecule has 0 fully saturated rings. The minimum absolute atomic E-state index is 0.367. The molecule has 0 N–H and O–H groups in total. The SMILES string of the molecule is Cc1ccc2c(c1)sc1nc(-c3cc4c(ccc5ccccc54)oc3=O)cn12. The quantitative estimate of drug-likeness (QED) is 0.267. The first-order valence-electron chi connectivity index (χ1n) is 9.02. The van der Waals surface area contributed by atoms with E-state index in [-0.39, 0.29) is 5.63 Å². The molecular weight excluding hydrogens is 368 g/mol. The molecule has 0 aliphatic heterocycles. The average Bonchev–Trinajstić information content (AvgIpc) is 3.24. The van der Waals surface area contributed by atoms with Gasteiger partial charge in [0.1, 0.15) is 5.58 Å². The van der Waals surface area contributed by atoms with Gasteiger partial charge in [-0.3, -0.25) is 4.40 Å². The molecule has 28 heavy (non-hydrogen) atoms. The van der Waals surface area contributed by atoms with Gasteiger partial charge in [-0.1, -0.05) is 47.7 Å². The van der Waals surface area contributed by atoms with Crippen molar-refractivity contribution in [3.8, 4) is 11.3 Å². The highest BCUT2D eigenvalue weighted by Gasteiger charge is 2.15. The van der Waals surface area contributed by atoms with Gasteiger partial charge < -0.3 is 4.42 Å². The van der Waals surface area contributed by atoms with E-state index in [0.29, 0.717) is 16.8 Å². The number of hydrogen-bond donors (Lipinski definition) is 0. The lowest BCUT2D eigenvalue weighted by Crippen LogP contribution is -2.03. The minimum Gasteiger partial charge on any atom is -0.422 e. The van der Waals surface area contributed by atoms with E-state index in [4.69, 9.17) is 9.40 Å². The van der Waals surface area contributed by atoms with Gasteiger partial charge >= 0.3 is 5.63 Å². The molecule has 0 spiro atoms. The molecule has 6 aromatic rings. The van der Waals surface area contributed by atoms with Crippen LogP contribution in [0.25, 0.3) is 48.2 Å². The minimum atomic E-state index is -0.367. The first-order valence-corrected chi connectivity index (χ1v) is 9.83. The standard InChI is InChI=1S/C23H14N2O2S/c1-13-6-8-19-21(10-13)28-23-24-18(12-25(19)23)17-11-16-15-5-3-2-4-14(15)7-9-20(16)27-22(17)26/h2-12H,1H3. The Kier molecular flexibility index (Phi) is 3.08. The van der Waals surface area contributed by atoms with E-state index in [1.165, 1.54) is 10.3 Å². The maximum absolute atomic E-state index is 12.7. The van der Waals surface area contributed by atoms with Crippen LogP contribution in [0, 0.1) is 6.92 Å². The maximum Gasteiger partial charge on any atom is 0.345 e. The molecule has 3 aromatic heterocycles. The molecule has 0 aliphatic rings. The van der Waals surface area contributed by atoms with Crippen LogP contribution in [-0.4, -0.2) is 9.38 Å². The van der Waals surface area contributed by atoms with Crippen molar-refractivity contribution in [3.63, 3.8) is 0 Å². The van der Waals surface area contributed by atoms with Crippen LogP contribution in [0.5, 0.6) is 0 Å². The topological polar surface area (TPSA) is 47.5 Å². The Balaban J connectivity index is 1.64. The van der Waals surface area contributed by atoms with Gasteiger partial charge in [0, 0.05) is 11.6 Å². The van der Waals surface area contributed by atoms with E-state index in [2.05, 4.69) is 31.2 Å². The fourth-order valence-corrected chi connectivity index (χ4v) is 4.89. The molecule has 3 aromatic carbocycles. The molecule has 6 rings (SSSR count). The van der Waals surface area contributed by atoms with Crippen LogP contribution in [0.4, 0.5) is 0 Å². The van der Waals surface area contributed by atoms with Crippen molar-refractivity contribution >= 4 is 48.3 Å². The third kappa shape index (κ3) is 2.17. The van der Waals surface area contributed by atoms with Gasteiger partial charge in [0.05, 0.1) is 21.5 Å². The summed E-state index contributed by atoms with van der Waals surface area (Å²) in [5.41, 5.74) is 3.67. The number of hydrogen-bond acceptors (Lipinski definition) is 4. The van der Waals surface area contributed by atoms with Crippen LogP contribution >= 0.6 is 11.3 Å². The summed E-state index contributed by atoms with van der Waals surface area (Å²) in [6, 6.07) is 20.2. The largest absolute Gasteiger partial charge is 0.422 e. The van der Waals surface area contributed by atoms with Crippen LogP contribution in [0.15, 0.2) is 76.1 Å². The van der Waals surface area contributed by atoms with Gasteiger partial charge in [0.25, 0.3) is 0 Å². The molecule has 0 aliphatic carbocycles. The first-order chi connectivity index (χ1) is 13.7. The van der Waals surface area contributed by atoms with Crippen molar-refractivity contribution < 1.29 is 4.42 Å². The van der Waals surface area contributed by atoms with Crippen molar-refractivity contribution in [2.24, 2.45) is 0 Å². The maximum atomic E-state index is 12.7. The molecule has 4 nitrogen and oxygen atoms in total. The Morgan fingerprint density at radius 1 is 1.00 bits per heavy atom. The van der Waals surface area contributed by atoms with Crippen molar-refractivity contribution in [1.82, 2.24) is 9.38 Å². The molecule has 3 heterocycles. The number of fused-ring (bicyclic) bond motifs is 6. The lowest BCUT2D eigenvalue weighted by molar-refractivity contribution is 0.563. The molecule has 0 radical (unpaired) electrons. The zero-order chi connectivity index (χ0) is 18.8. The van der Waals surface area contributed by atoms with Gasteiger partial charge in [-0.15, -0.1) is 0 Å². The highest BCUT2D eigenvalue weighted by atomic mass is 32.1. The summed E-state index contributed by atoms with van der Waals surface area (Å²) in [6.45, 7) is 2.08. The van der Waals surface area contributed by atoms with E-state index in [1.807, 2.05) is 47.0 Å². The fourth-order valence-electron chi connectivity index (χ4n) is 3.79. The summed E-state index contributed by atoms with van der Waals surface area (Å²) >= 11 is 1.62. The number of aryl methyl sites for hydroxylation is 1. The smallest absolute Gasteiger partial charge is 0.345 e. The summed E-state index contributed by atoms with van der Waals surface area (Å²) in [5, 5.41) is 3.10. The van der Waals surface area contributed by atoms with Crippen LogP contribution in [0.2, 0.25) is 0 Å². The van der Waals surface area contributed by atoms with Crippen LogP contribution in [0.1, 0.15) is 5.56 Å². The first kappa shape index (κ1) is 15.6. The van der Waals surface area contributed by atoms with Gasteiger partial charge in [-0.05, 0) is 47.5 Å². The van der Waals surface area contributed by atoms with Crippen molar-refractivity contribution in [3.05, 3.63) is 82.8 Å². The lowest BCUT2D eigenvalue weighted by Gasteiger charge is -2.04. The van der Waals surface area contributed by atoms with Gasteiger partial charge in [0.15, 0.2) is 4.96 Å². The van der Waals surface area contributed by atoms with Crippen LogP contribution in [-0.2, 0) is 0 Å². The Hall–Kier alpha value is -3.44. The highest BCUT2D eigenvalue weighted by molar-refractivity contribution is 7.23. The number of nitrogens with zero attached hydrogens (tertiary/aromatic N) is 2. The van der Waals surface area contributed by atoms with E-state index in [9.17, 15) is 4.79 Å². The van der Waals surface area contributed by atoms with Gasteiger partial charge in [-0.25, -0.2) is 9.78 Å². The van der Waals surface area contributed by atoms with E-state index in [0.717, 1.165) is 26.6 Å². The second-order valence-electron chi connectivity index (χ2n) is 7.00. The van der Waals surface area contributed by atoms with Crippen molar-refractivity contribution in [2.75, 3.05) is 0 Å². The number of imidazole rings is 1. The summed E-state index contributed by atoms with van der Waals surface area (Å²) in [7, 11) is 0. The summed E-state index contributed by atoms with van der Waals surface area (Å²) < 4.78 is 8.86. The van der Waals surface area contributed by atoms with E-state index in [1.54, 1.807) is 11.3 Å². The molecule has 134 valence electrons. The summed E-state index contributed by atoms with van der Waals surface area (Å²) in [5.74, 6) is 0. The Morgan fingerprint density at radius 3 is 2.82 bits per heavy atom. The monoisotopic (exact) mass is 382 g/mol. The van der Waals surface area contributed by atoms with Crippen molar-refractivity contribution in [2.45, 2.75) is 6.92 Å². The van der Waals surface area contributed by atoms with E-state index < -0.39 is 0 Å². The van der Waals surface area contributed by atoms with Gasteiger partial charge in [0.2, 0.25) is 0 Å². The zero-order valence-corrected chi connectivity index (χ0v) is 15.8. The molecule has 0 amide bonds. The third-order valence-corrected chi connectivity index (χ3v) is 6.18. The second kappa shape index (κ2) is 5.53. The molecular formula is C23H14N2O2S. The molecule has 0 atom stereocenters. The summed E-state index contributed by atoms with van der Waals surface area (Å²) in [4.78, 5) is 18.3. The normalized spacial score (nSPS) is 11.9. The Bertz CT molecular complexity index is 1600. The Morgan fingerprint density at radius 2 is 1.89 bits per heavy atom. The molecule has 5 heteroatoms. The van der Waals surface area contributed by atoms with Crippen LogP contribution < -0.4 is 5.63 Å². The molecule has 0 bridgehead atoms. The predicted octanol–water partition coefficient (Wildman–Crippen LogP) is 5.78. The van der Waals surface area contributed by atoms with Crippen LogP contribution in [0.3, 0.4) is 0 Å². The lowest BCUT2D eigenvalue weighted by atomic mass is 10.0. The third-order valence-electron chi connectivity index (χ3n) is 5.17. The number of rotatable bonds is 1. The number of aromatic nitrogens is 2. The second-order valence-corrected chi connectivity index (χ2v) is 8.01. The number of benzene rings is 3. The fraction of sp³-hybridized carbons (Fsp3) is 0.0435. The Labute approximate surface area is 163 Å². The van der Waals surface area contributed by atoms with E-state index >= 15 is 0 Å². The average molecular weight is 382 g/mol. The molecule has 0 saturated heterocycles. The predicted molar refractivity (Wildman–Crippen MR) is 114 cm³/mol. The summed E-state index contributed by atoms with van der Waals surface area (Å²) in [6.07, 6.45) is 1.92.